The fraction of sp³-hybridized carbons (Fsp3) is 0.0909. The van der Waals surface area contributed by atoms with Gasteiger partial charge >= 0.3 is 0 Å². The Labute approximate surface area is 150 Å². The summed E-state index contributed by atoms with van der Waals surface area (Å²) in [6.45, 7) is 0.461. The molecule has 1 heterocycles. The number of hydrogen-bond acceptors (Lipinski definition) is 2. The minimum atomic E-state index is -0.372. The van der Waals surface area contributed by atoms with Crippen LogP contribution in [0.2, 0.25) is 0 Å². The number of benzene rings is 3. The molecule has 1 unspecified atom stereocenters. The normalized spacial score (nSPS) is 17.9. The largest absolute Gasteiger partial charge is 0.857 e. The van der Waals surface area contributed by atoms with Gasteiger partial charge in [-0.3, -0.25) is 0 Å². The zero-order valence-corrected chi connectivity index (χ0v) is 13.9. The van der Waals surface area contributed by atoms with Crippen LogP contribution >= 0.6 is 0 Å². The van der Waals surface area contributed by atoms with Crippen molar-refractivity contribution in [2.75, 3.05) is 6.54 Å². The monoisotopic (exact) mass is 342 g/mol. The van der Waals surface area contributed by atoms with Crippen LogP contribution in [0.1, 0.15) is 22.6 Å². The molecule has 3 aromatic carbocycles. The maximum Gasteiger partial charge on any atom is 0.247 e. The van der Waals surface area contributed by atoms with Gasteiger partial charge in [0.25, 0.3) is 0 Å². The van der Waals surface area contributed by atoms with Crippen LogP contribution in [0.5, 0.6) is 0 Å². The molecule has 3 aromatic rings. The Morgan fingerprint density at radius 2 is 1.35 bits per heavy atom. The number of fused-ring (bicyclic) bond motifs is 3. The van der Waals surface area contributed by atoms with E-state index in [2.05, 4.69) is 29.4 Å². The van der Waals surface area contributed by atoms with Crippen LogP contribution in [0.4, 0.5) is 4.39 Å². The van der Waals surface area contributed by atoms with Crippen molar-refractivity contribution in [3.05, 3.63) is 95.3 Å². The molecule has 0 bridgehead atoms. The molecular formula is C22H15FN2O. The average molecular weight is 342 g/mol. The minimum absolute atomic E-state index is 0.189. The van der Waals surface area contributed by atoms with E-state index in [-0.39, 0.29) is 17.6 Å². The lowest BCUT2D eigenvalue weighted by Gasteiger charge is -2.11. The molecule has 5 rings (SSSR count). The summed E-state index contributed by atoms with van der Waals surface area (Å²) in [4.78, 5) is 0. The first-order valence-corrected chi connectivity index (χ1v) is 8.57. The van der Waals surface area contributed by atoms with E-state index in [1.165, 1.54) is 12.1 Å². The maximum atomic E-state index is 13.2. The van der Waals surface area contributed by atoms with Gasteiger partial charge in [0.1, 0.15) is 5.82 Å². The van der Waals surface area contributed by atoms with Crippen molar-refractivity contribution in [3.8, 4) is 11.1 Å². The van der Waals surface area contributed by atoms with Gasteiger partial charge in [-0.15, -0.1) is 0 Å². The lowest BCUT2D eigenvalue weighted by molar-refractivity contribution is -0.524. The Kier molecular flexibility index (Phi) is 3.25. The Balaban J connectivity index is 1.65. The van der Waals surface area contributed by atoms with Crippen molar-refractivity contribution in [1.29, 1.82) is 0 Å². The molecule has 0 spiro atoms. The Morgan fingerprint density at radius 3 is 1.92 bits per heavy atom. The van der Waals surface area contributed by atoms with Crippen LogP contribution in [0, 0.1) is 5.82 Å². The standard InChI is InChI=1S/C22H15FN2O/c23-15-11-9-14(10-12-15)20-13-25(24-22(20)26)21-18-7-3-1-5-16(18)17-6-2-4-8-19(17)21/h1-12,20H,13H2. The SMILES string of the molecule is [O-]C1=N[N+](=C2c3ccccc3-c3ccccc32)CC1c1ccc(F)cc1. The molecular weight excluding hydrogens is 327 g/mol. The van der Waals surface area contributed by atoms with Crippen LogP contribution in [-0.2, 0) is 0 Å². The molecule has 0 aromatic heterocycles. The number of halogens is 1. The van der Waals surface area contributed by atoms with Crippen molar-refractivity contribution in [2.45, 2.75) is 5.92 Å². The first kappa shape index (κ1) is 15.0. The van der Waals surface area contributed by atoms with Crippen molar-refractivity contribution in [3.63, 3.8) is 0 Å². The van der Waals surface area contributed by atoms with Crippen LogP contribution < -0.4 is 5.11 Å². The zero-order chi connectivity index (χ0) is 17.7. The Bertz CT molecular complexity index is 1040. The summed E-state index contributed by atoms with van der Waals surface area (Å²) in [7, 11) is 0. The molecule has 1 atom stereocenters. The molecule has 0 N–H and O–H groups in total. The van der Waals surface area contributed by atoms with Gasteiger partial charge in [0, 0.05) is 5.90 Å². The number of rotatable bonds is 1. The third-order valence-electron chi connectivity index (χ3n) is 5.06. The Morgan fingerprint density at radius 1 is 0.808 bits per heavy atom. The highest BCUT2D eigenvalue weighted by Crippen LogP contribution is 2.37. The lowest BCUT2D eigenvalue weighted by Crippen LogP contribution is -2.24. The number of nitrogens with zero attached hydrogens (tertiary/aromatic N) is 2. The van der Waals surface area contributed by atoms with Crippen LogP contribution in [0.15, 0.2) is 77.9 Å². The predicted octanol–water partition coefficient (Wildman–Crippen LogP) is 3.13. The van der Waals surface area contributed by atoms with E-state index in [9.17, 15) is 9.50 Å². The summed E-state index contributed by atoms with van der Waals surface area (Å²) in [5.41, 5.74) is 6.25. The van der Waals surface area contributed by atoms with Gasteiger partial charge in [-0.05, 0) is 46.1 Å². The van der Waals surface area contributed by atoms with Crippen LogP contribution in [0.25, 0.3) is 11.1 Å². The summed E-state index contributed by atoms with van der Waals surface area (Å²) in [5.74, 6) is -0.866. The van der Waals surface area contributed by atoms with Crippen molar-refractivity contribution < 1.29 is 14.2 Å². The topological polar surface area (TPSA) is 38.4 Å². The van der Waals surface area contributed by atoms with Gasteiger partial charge in [0.2, 0.25) is 5.71 Å². The van der Waals surface area contributed by atoms with Gasteiger partial charge in [-0.25, -0.2) is 4.39 Å². The number of hydrazone groups is 1. The molecule has 3 nitrogen and oxygen atoms in total. The van der Waals surface area contributed by atoms with Crippen molar-refractivity contribution in [2.24, 2.45) is 5.10 Å². The summed E-state index contributed by atoms with van der Waals surface area (Å²) in [5, 5.41) is 16.8. The van der Waals surface area contributed by atoms with Crippen LogP contribution in [-0.4, -0.2) is 22.8 Å². The van der Waals surface area contributed by atoms with Gasteiger partial charge in [0.05, 0.1) is 17.0 Å². The highest BCUT2D eigenvalue weighted by Gasteiger charge is 2.36. The van der Waals surface area contributed by atoms with E-state index in [0.29, 0.717) is 6.54 Å². The molecule has 0 radical (unpaired) electrons. The molecule has 0 amide bonds. The molecule has 0 saturated carbocycles. The second kappa shape index (κ2) is 5.63. The summed E-state index contributed by atoms with van der Waals surface area (Å²) in [6.07, 6.45) is 0. The maximum absolute atomic E-state index is 13.2. The fourth-order valence-electron chi connectivity index (χ4n) is 3.84. The molecule has 1 aliphatic carbocycles. The second-order valence-corrected chi connectivity index (χ2v) is 6.56. The fourth-order valence-corrected chi connectivity index (χ4v) is 3.84. The first-order chi connectivity index (χ1) is 12.7. The van der Waals surface area contributed by atoms with Crippen molar-refractivity contribution in [1.82, 2.24) is 0 Å². The zero-order valence-electron chi connectivity index (χ0n) is 13.9. The Hall–Kier alpha value is -3.27. The quantitative estimate of drug-likeness (QED) is 0.490. The van der Waals surface area contributed by atoms with Crippen molar-refractivity contribution >= 4 is 11.6 Å². The van der Waals surface area contributed by atoms with Gasteiger partial charge in [0.15, 0.2) is 6.54 Å². The molecule has 26 heavy (non-hydrogen) atoms. The second-order valence-electron chi connectivity index (χ2n) is 6.56. The van der Waals surface area contributed by atoms with E-state index in [0.717, 1.165) is 33.5 Å². The van der Waals surface area contributed by atoms with E-state index in [1.807, 2.05) is 24.3 Å². The van der Waals surface area contributed by atoms with Gasteiger partial charge < -0.3 is 5.11 Å². The van der Waals surface area contributed by atoms with Gasteiger partial charge in [-0.2, -0.15) is 0 Å². The highest BCUT2D eigenvalue weighted by molar-refractivity contribution is 6.22. The van der Waals surface area contributed by atoms with Crippen LogP contribution in [0.3, 0.4) is 0 Å². The molecule has 1 aliphatic heterocycles. The minimum Gasteiger partial charge on any atom is -0.857 e. The third-order valence-corrected chi connectivity index (χ3v) is 5.06. The highest BCUT2D eigenvalue weighted by atomic mass is 19.1. The molecule has 0 fully saturated rings. The first-order valence-electron chi connectivity index (χ1n) is 8.57. The van der Waals surface area contributed by atoms with Gasteiger partial charge in [-0.1, -0.05) is 53.2 Å². The third kappa shape index (κ3) is 2.19. The van der Waals surface area contributed by atoms with E-state index in [4.69, 9.17) is 0 Å². The summed E-state index contributed by atoms with van der Waals surface area (Å²) in [6, 6.07) is 22.5. The molecule has 0 saturated heterocycles. The van der Waals surface area contributed by atoms with E-state index >= 15 is 0 Å². The van der Waals surface area contributed by atoms with E-state index in [1.54, 1.807) is 16.8 Å². The summed E-state index contributed by atoms with van der Waals surface area (Å²) >= 11 is 0. The lowest BCUT2D eigenvalue weighted by atomic mass is 9.99. The molecule has 4 heteroatoms. The van der Waals surface area contributed by atoms with E-state index < -0.39 is 0 Å². The number of hydrogen-bond donors (Lipinski definition) is 0. The summed E-state index contributed by atoms with van der Waals surface area (Å²) < 4.78 is 15.0. The average Bonchev–Trinajstić information content (AvgIpc) is 3.20. The molecule has 126 valence electrons. The predicted molar refractivity (Wildman–Crippen MR) is 96.8 cm³/mol. The smallest absolute Gasteiger partial charge is 0.247 e. The molecule has 2 aliphatic rings.